The van der Waals surface area contributed by atoms with Crippen molar-refractivity contribution in [1.82, 2.24) is 9.78 Å². The Labute approximate surface area is 183 Å². The molecule has 1 amide bonds. The molecule has 1 heterocycles. The first-order valence-corrected chi connectivity index (χ1v) is 9.73. The van der Waals surface area contributed by atoms with Crippen molar-refractivity contribution in [3.05, 3.63) is 102 Å². The summed E-state index contributed by atoms with van der Waals surface area (Å²) in [4.78, 5) is 24.7. The van der Waals surface area contributed by atoms with Crippen molar-refractivity contribution in [1.29, 1.82) is 5.26 Å². The zero-order chi connectivity index (χ0) is 22.7. The molecular weight excluding hydrogens is 407 g/mol. The number of anilines is 1. The van der Waals surface area contributed by atoms with E-state index in [0.29, 0.717) is 33.8 Å². The summed E-state index contributed by atoms with van der Waals surface area (Å²) in [6.07, 6.45) is 1.57. The Morgan fingerprint density at radius 2 is 1.75 bits per heavy atom. The monoisotopic (exact) mass is 424 g/mol. The van der Waals surface area contributed by atoms with Gasteiger partial charge in [0.2, 0.25) is 0 Å². The van der Waals surface area contributed by atoms with Gasteiger partial charge in [0.05, 0.1) is 22.9 Å². The van der Waals surface area contributed by atoms with Crippen molar-refractivity contribution in [2.75, 3.05) is 5.32 Å². The number of carbonyl (C=O) groups excluding carboxylic acids is 2. The van der Waals surface area contributed by atoms with Gasteiger partial charge in [-0.05, 0) is 49.4 Å². The van der Waals surface area contributed by atoms with Gasteiger partial charge in [0, 0.05) is 23.0 Å². The van der Waals surface area contributed by atoms with Gasteiger partial charge in [-0.1, -0.05) is 30.3 Å². The Balaban J connectivity index is 1.76. The first-order valence-electron chi connectivity index (χ1n) is 9.73. The van der Waals surface area contributed by atoms with Crippen LogP contribution in [0.3, 0.4) is 0 Å². The summed E-state index contributed by atoms with van der Waals surface area (Å²) in [5, 5.41) is 16.3. The summed E-state index contributed by atoms with van der Waals surface area (Å²) in [5.74, 6) is -0.985. The van der Waals surface area contributed by atoms with Crippen LogP contribution in [-0.2, 0) is 0 Å². The molecule has 0 saturated heterocycles. The van der Waals surface area contributed by atoms with Crippen LogP contribution >= 0.6 is 0 Å². The summed E-state index contributed by atoms with van der Waals surface area (Å²) < 4.78 is 15.1. The highest BCUT2D eigenvalue weighted by molar-refractivity contribution is 6.08. The molecule has 4 aromatic rings. The minimum absolute atomic E-state index is 0.0660. The van der Waals surface area contributed by atoms with Gasteiger partial charge in [0.25, 0.3) is 5.91 Å². The lowest BCUT2D eigenvalue weighted by Crippen LogP contribution is -2.12. The molecule has 0 fully saturated rings. The Bertz CT molecular complexity index is 1350. The lowest BCUT2D eigenvalue weighted by molar-refractivity contribution is 0.101. The SMILES string of the molecule is CC(=O)c1ccc(-c2nn(-c3ccc(C#N)cc3)cc2C(=O)Nc2cccc(F)c2)cc1. The van der Waals surface area contributed by atoms with Crippen LogP contribution < -0.4 is 5.32 Å². The van der Waals surface area contributed by atoms with Crippen molar-refractivity contribution in [3.63, 3.8) is 0 Å². The van der Waals surface area contributed by atoms with E-state index >= 15 is 0 Å². The van der Waals surface area contributed by atoms with E-state index < -0.39 is 11.7 Å². The number of aromatic nitrogens is 2. The maximum Gasteiger partial charge on any atom is 0.259 e. The number of carbonyl (C=O) groups is 2. The van der Waals surface area contributed by atoms with Gasteiger partial charge in [0.15, 0.2) is 5.78 Å². The molecule has 0 aliphatic rings. The summed E-state index contributed by atoms with van der Waals surface area (Å²) in [6.45, 7) is 1.48. The molecule has 4 rings (SSSR count). The lowest BCUT2D eigenvalue weighted by atomic mass is 10.0. The normalized spacial score (nSPS) is 10.4. The zero-order valence-electron chi connectivity index (χ0n) is 17.0. The van der Waals surface area contributed by atoms with E-state index in [1.54, 1.807) is 60.8 Å². The standard InChI is InChI=1S/C25H17FN4O2/c1-16(31)18-7-9-19(10-8-18)24-23(25(32)28-21-4-2-3-20(26)13-21)15-30(29-24)22-11-5-17(14-27)6-12-22/h2-13,15H,1H3,(H,28,32). The number of hydrogen-bond donors (Lipinski definition) is 1. The van der Waals surface area contributed by atoms with Crippen LogP contribution in [0.15, 0.2) is 79.0 Å². The van der Waals surface area contributed by atoms with Crippen LogP contribution in [0.1, 0.15) is 33.2 Å². The second-order valence-electron chi connectivity index (χ2n) is 7.09. The third-order valence-corrected chi connectivity index (χ3v) is 4.87. The van der Waals surface area contributed by atoms with Gasteiger partial charge < -0.3 is 5.32 Å². The molecule has 1 aromatic heterocycles. The van der Waals surface area contributed by atoms with Crippen LogP contribution in [0.25, 0.3) is 16.9 Å². The van der Waals surface area contributed by atoms with Gasteiger partial charge in [-0.3, -0.25) is 9.59 Å². The average molecular weight is 424 g/mol. The summed E-state index contributed by atoms with van der Waals surface area (Å²) >= 11 is 0. The summed E-state index contributed by atoms with van der Waals surface area (Å²) in [5.41, 5.74) is 3.35. The van der Waals surface area contributed by atoms with E-state index in [1.807, 2.05) is 0 Å². The predicted molar refractivity (Wildman–Crippen MR) is 118 cm³/mol. The van der Waals surface area contributed by atoms with Crippen molar-refractivity contribution in [2.24, 2.45) is 0 Å². The van der Waals surface area contributed by atoms with Crippen LogP contribution in [0, 0.1) is 17.1 Å². The highest BCUT2D eigenvalue weighted by atomic mass is 19.1. The molecule has 0 bridgehead atoms. The number of rotatable bonds is 5. The second-order valence-corrected chi connectivity index (χ2v) is 7.09. The zero-order valence-corrected chi connectivity index (χ0v) is 17.0. The number of halogens is 1. The largest absolute Gasteiger partial charge is 0.322 e. The number of benzene rings is 3. The molecule has 3 aromatic carbocycles. The van der Waals surface area contributed by atoms with E-state index in [4.69, 9.17) is 5.26 Å². The van der Waals surface area contributed by atoms with E-state index in [1.165, 1.54) is 29.8 Å². The number of nitrogens with zero attached hydrogens (tertiary/aromatic N) is 3. The highest BCUT2D eigenvalue weighted by Crippen LogP contribution is 2.26. The second kappa shape index (κ2) is 8.66. The minimum atomic E-state index is -0.462. The molecule has 156 valence electrons. The average Bonchev–Trinajstić information content (AvgIpc) is 3.25. The van der Waals surface area contributed by atoms with Gasteiger partial charge in [-0.25, -0.2) is 9.07 Å². The Kier molecular flexibility index (Phi) is 5.60. The third-order valence-electron chi connectivity index (χ3n) is 4.87. The third kappa shape index (κ3) is 4.30. The fourth-order valence-corrected chi connectivity index (χ4v) is 3.20. The van der Waals surface area contributed by atoms with Gasteiger partial charge in [0.1, 0.15) is 11.5 Å². The fourth-order valence-electron chi connectivity index (χ4n) is 3.20. The molecule has 0 unspecified atom stereocenters. The van der Waals surface area contributed by atoms with Gasteiger partial charge in [-0.2, -0.15) is 10.4 Å². The van der Waals surface area contributed by atoms with Crippen molar-refractivity contribution < 1.29 is 14.0 Å². The number of ketones is 1. The summed E-state index contributed by atoms with van der Waals surface area (Å²) in [6, 6.07) is 21.2. The molecule has 7 heteroatoms. The smallest absolute Gasteiger partial charge is 0.259 e. The minimum Gasteiger partial charge on any atom is -0.322 e. The quantitative estimate of drug-likeness (QED) is 0.457. The van der Waals surface area contributed by atoms with E-state index in [2.05, 4.69) is 16.5 Å². The number of nitriles is 1. The molecule has 0 aliphatic heterocycles. The van der Waals surface area contributed by atoms with Crippen LogP contribution in [0.2, 0.25) is 0 Å². The van der Waals surface area contributed by atoms with E-state index in [9.17, 15) is 14.0 Å². The van der Waals surface area contributed by atoms with E-state index in [0.717, 1.165) is 0 Å². The topological polar surface area (TPSA) is 87.8 Å². The highest BCUT2D eigenvalue weighted by Gasteiger charge is 2.19. The maximum atomic E-state index is 13.5. The molecule has 0 saturated carbocycles. The number of nitrogens with one attached hydrogen (secondary N) is 1. The van der Waals surface area contributed by atoms with Gasteiger partial charge in [-0.15, -0.1) is 0 Å². The number of amides is 1. The molecule has 0 radical (unpaired) electrons. The van der Waals surface area contributed by atoms with Gasteiger partial charge >= 0.3 is 0 Å². The Morgan fingerprint density at radius 1 is 1.03 bits per heavy atom. The Hall–Kier alpha value is -4.57. The molecular formula is C25H17FN4O2. The molecule has 0 spiro atoms. The molecule has 0 aliphatic carbocycles. The predicted octanol–water partition coefficient (Wildman–Crippen LogP) is 5.00. The molecule has 6 nitrogen and oxygen atoms in total. The first-order chi connectivity index (χ1) is 15.4. The number of hydrogen-bond acceptors (Lipinski definition) is 4. The summed E-state index contributed by atoms with van der Waals surface area (Å²) in [7, 11) is 0. The first kappa shape index (κ1) is 20.7. The van der Waals surface area contributed by atoms with E-state index in [-0.39, 0.29) is 11.3 Å². The lowest BCUT2D eigenvalue weighted by Gasteiger charge is -2.06. The molecule has 32 heavy (non-hydrogen) atoms. The molecule has 1 N–H and O–H groups in total. The van der Waals surface area contributed by atoms with Crippen LogP contribution in [0.5, 0.6) is 0 Å². The van der Waals surface area contributed by atoms with Crippen molar-refractivity contribution >= 4 is 17.4 Å². The van der Waals surface area contributed by atoms with Crippen molar-refractivity contribution in [3.8, 4) is 23.0 Å². The molecule has 0 atom stereocenters. The van der Waals surface area contributed by atoms with Crippen molar-refractivity contribution in [2.45, 2.75) is 6.92 Å². The Morgan fingerprint density at radius 3 is 2.38 bits per heavy atom. The number of Topliss-reactive ketones (excluding diaryl/α,β-unsaturated/α-hetero) is 1. The fraction of sp³-hybridized carbons (Fsp3) is 0.0400. The van der Waals surface area contributed by atoms with Crippen LogP contribution in [0.4, 0.5) is 10.1 Å². The maximum absolute atomic E-state index is 13.5. The van der Waals surface area contributed by atoms with Crippen LogP contribution in [-0.4, -0.2) is 21.5 Å².